The molecule has 0 aliphatic heterocycles. The molecule has 0 spiro atoms. The van der Waals surface area contributed by atoms with E-state index in [1.165, 1.54) is 0 Å². The summed E-state index contributed by atoms with van der Waals surface area (Å²) >= 11 is -1.32. The minimum atomic E-state index is -1.32. The second-order valence-corrected chi connectivity index (χ2v) is 6.97. The first-order valence-electron chi connectivity index (χ1n) is 7.34. The van der Waals surface area contributed by atoms with Gasteiger partial charge in [0.05, 0.1) is 0 Å². The van der Waals surface area contributed by atoms with Crippen molar-refractivity contribution in [3.8, 4) is 0 Å². The quantitative estimate of drug-likeness (QED) is 0.833. The van der Waals surface area contributed by atoms with E-state index in [4.69, 9.17) is 0 Å². The predicted octanol–water partition coefficient (Wildman–Crippen LogP) is 3.05. The van der Waals surface area contributed by atoms with E-state index in [9.17, 15) is 9.35 Å². The molecule has 0 heterocycles. The summed E-state index contributed by atoms with van der Waals surface area (Å²) in [6, 6.07) is 19.4. The van der Waals surface area contributed by atoms with Gasteiger partial charge in [0.2, 0.25) is 0 Å². The van der Waals surface area contributed by atoms with Crippen LogP contribution in [0, 0.1) is 0 Å². The van der Waals surface area contributed by atoms with Crippen molar-refractivity contribution in [3.05, 3.63) is 71.8 Å². The van der Waals surface area contributed by atoms with Crippen LogP contribution in [0.25, 0.3) is 0 Å². The van der Waals surface area contributed by atoms with Gasteiger partial charge in [0.15, 0.2) is 11.0 Å². The zero-order chi connectivity index (χ0) is 15.9. The number of benzene rings is 2. The summed E-state index contributed by atoms with van der Waals surface area (Å²) in [4.78, 5) is 11.9. The monoisotopic (exact) mass is 315 g/mol. The molecule has 116 valence electrons. The minimum absolute atomic E-state index is 0.00658. The van der Waals surface area contributed by atoms with Gasteiger partial charge in [-0.05, 0) is 25.0 Å². The Balaban J connectivity index is 2.23. The molecule has 4 heteroatoms. The van der Waals surface area contributed by atoms with Crippen LogP contribution in [-0.2, 0) is 16.0 Å². The third kappa shape index (κ3) is 4.61. The molecule has 0 aliphatic rings. The first-order chi connectivity index (χ1) is 10.6. The van der Waals surface area contributed by atoms with Crippen LogP contribution >= 0.6 is 0 Å². The molecule has 2 aromatic rings. The summed E-state index contributed by atoms with van der Waals surface area (Å²) in [6.45, 7) is 3.79. The van der Waals surface area contributed by atoms with Crippen molar-refractivity contribution in [3.63, 3.8) is 0 Å². The maximum absolute atomic E-state index is 12.8. The van der Waals surface area contributed by atoms with Crippen LogP contribution in [0.2, 0.25) is 0 Å². The number of amides is 1. The summed E-state index contributed by atoms with van der Waals surface area (Å²) in [6.07, 6.45) is 0. The molecule has 1 N–H and O–H groups in total. The van der Waals surface area contributed by atoms with E-state index < -0.39 is 11.2 Å². The van der Waals surface area contributed by atoms with Gasteiger partial charge in [-0.25, -0.2) is 0 Å². The van der Waals surface area contributed by atoms with Gasteiger partial charge in [0, 0.05) is 17.2 Å². The molecule has 2 rings (SSSR count). The molecule has 0 aromatic heterocycles. The lowest BCUT2D eigenvalue weighted by Gasteiger charge is -2.22. The lowest BCUT2D eigenvalue weighted by Crippen LogP contribution is -2.36. The number of carbonyl (C=O) groups excluding carboxylic acids is 1. The number of hydrogen-bond donors (Lipinski definition) is 1. The van der Waals surface area contributed by atoms with Crippen LogP contribution in [0.5, 0.6) is 0 Å². The number of rotatable bonds is 6. The van der Waals surface area contributed by atoms with Gasteiger partial charge in [0.25, 0.3) is 5.91 Å². The molecule has 0 aliphatic carbocycles. The second kappa shape index (κ2) is 8.01. The predicted molar refractivity (Wildman–Crippen MR) is 91.0 cm³/mol. The minimum Gasteiger partial charge on any atom is -0.615 e. The van der Waals surface area contributed by atoms with E-state index in [0.29, 0.717) is 0 Å². The van der Waals surface area contributed by atoms with Crippen molar-refractivity contribution < 1.29 is 9.35 Å². The average molecular weight is 315 g/mol. The first-order valence-corrected chi connectivity index (χ1v) is 8.72. The van der Waals surface area contributed by atoms with Gasteiger partial charge in [0.1, 0.15) is 0 Å². The summed E-state index contributed by atoms with van der Waals surface area (Å²) in [7, 11) is 0. The van der Waals surface area contributed by atoms with Gasteiger partial charge in [-0.3, -0.25) is 4.79 Å². The molecule has 0 radical (unpaired) electrons. The molecule has 3 nitrogen and oxygen atoms in total. The van der Waals surface area contributed by atoms with Crippen LogP contribution in [-0.4, -0.2) is 22.3 Å². The van der Waals surface area contributed by atoms with Crippen LogP contribution in [0.3, 0.4) is 0 Å². The average Bonchev–Trinajstić information content (AvgIpc) is 2.48. The van der Waals surface area contributed by atoms with Crippen molar-refractivity contribution in [1.82, 2.24) is 5.32 Å². The fourth-order valence-corrected chi connectivity index (χ4v) is 3.76. The van der Waals surface area contributed by atoms with Crippen LogP contribution < -0.4 is 5.32 Å². The molecule has 22 heavy (non-hydrogen) atoms. The Kier molecular flexibility index (Phi) is 6.04. The highest BCUT2D eigenvalue weighted by Crippen LogP contribution is 2.30. The van der Waals surface area contributed by atoms with E-state index >= 15 is 0 Å². The van der Waals surface area contributed by atoms with Gasteiger partial charge in [-0.1, -0.05) is 60.7 Å². The third-order valence-corrected chi connectivity index (χ3v) is 4.81. The van der Waals surface area contributed by atoms with Crippen molar-refractivity contribution in [2.75, 3.05) is 5.75 Å². The Hall–Kier alpha value is -1.78. The highest BCUT2D eigenvalue weighted by atomic mass is 32.2. The van der Waals surface area contributed by atoms with Gasteiger partial charge in [-0.15, -0.1) is 0 Å². The summed E-state index contributed by atoms with van der Waals surface area (Å²) in [5.74, 6) is -0.169. The standard InChI is InChI=1S/C18H21NO2S/c1-14(2)19-17(20)13-22(21)18(15-9-5-3-6-10-15)16-11-7-4-8-12-16/h3-12,14,18H,13H2,1-2H3,(H,19,20). The van der Waals surface area contributed by atoms with Crippen molar-refractivity contribution in [1.29, 1.82) is 0 Å². The van der Waals surface area contributed by atoms with Crippen molar-refractivity contribution >= 4 is 17.1 Å². The third-order valence-electron chi connectivity index (χ3n) is 3.19. The molecule has 1 unspecified atom stereocenters. The van der Waals surface area contributed by atoms with Crippen LogP contribution in [0.1, 0.15) is 30.2 Å². The topological polar surface area (TPSA) is 52.2 Å². The molecule has 0 bridgehead atoms. The van der Waals surface area contributed by atoms with E-state index in [-0.39, 0.29) is 23.0 Å². The van der Waals surface area contributed by atoms with Crippen LogP contribution in [0.15, 0.2) is 60.7 Å². The van der Waals surface area contributed by atoms with Gasteiger partial charge >= 0.3 is 0 Å². The maximum atomic E-state index is 12.8. The van der Waals surface area contributed by atoms with Gasteiger partial charge < -0.3 is 9.87 Å². The summed E-state index contributed by atoms with van der Waals surface area (Å²) in [5.41, 5.74) is 1.92. The fourth-order valence-electron chi connectivity index (χ4n) is 2.33. The zero-order valence-corrected chi connectivity index (χ0v) is 13.7. The smallest absolute Gasteiger partial charge is 0.270 e. The molecular formula is C18H21NO2S. The summed E-state index contributed by atoms with van der Waals surface area (Å²) in [5, 5.41) is 2.51. The molecular weight excluding hydrogens is 294 g/mol. The molecule has 2 aromatic carbocycles. The number of carbonyl (C=O) groups is 1. The molecule has 0 saturated heterocycles. The van der Waals surface area contributed by atoms with E-state index in [0.717, 1.165) is 11.1 Å². The van der Waals surface area contributed by atoms with Gasteiger partial charge in [-0.2, -0.15) is 0 Å². The molecule has 0 fully saturated rings. The van der Waals surface area contributed by atoms with E-state index in [2.05, 4.69) is 5.32 Å². The highest BCUT2D eigenvalue weighted by molar-refractivity contribution is 7.92. The van der Waals surface area contributed by atoms with Crippen LogP contribution in [0.4, 0.5) is 0 Å². The Morgan fingerprint density at radius 3 is 1.86 bits per heavy atom. The number of hydrogen-bond acceptors (Lipinski definition) is 2. The zero-order valence-electron chi connectivity index (χ0n) is 12.9. The fraction of sp³-hybridized carbons (Fsp3) is 0.278. The van der Waals surface area contributed by atoms with Crippen molar-refractivity contribution in [2.24, 2.45) is 0 Å². The highest BCUT2D eigenvalue weighted by Gasteiger charge is 2.28. The lowest BCUT2D eigenvalue weighted by atomic mass is 10.0. The normalized spacial score (nSPS) is 12.4. The number of nitrogens with one attached hydrogen (secondary N) is 1. The van der Waals surface area contributed by atoms with E-state index in [1.54, 1.807) is 0 Å². The Labute approximate surface area is 134 Å². The largest absolute Gasteiger partial charge is 0.615 e. The lowest BCUT2D eigenvalue weighted by molar-refractivity contribution is -0.119. The summed E-state index contributed by atoms with van der Waals surface area (Å²) < 4.78 is 12.8. The maximum Gasteiger partial charge on any atom is 0.270 e. The Morgan fingerprint density at radius 2 is 1.45 bits per heavy atom. The molecule has 0 saturated carbocycles. The SMILES string of the molecule is CC(C)NC(=O)C[S+]([O-])C(c1ccccc1)c1ccccc1. The second-order valence-electron chi connectivity index (χ2n) is 5.45. The molecule has 1 amide bonds. The van der Waals surface area contributed by atoms with Crippen molar-refractivity contribution in [2.45, 2.75) is 25.1 Å². The Morgan fingerprint density at radius 1 is 1.00 bits per heavy atom. The van der Waals surface area contributed by atoms with E-state index in [1.807, 2.05) is 74.5 Å². The Bertz CT molecular complexity index is 547. The first kappa shape index (κ1) is 16.6. The molecule has 1 atom stereocenters.